The van der Waals surface area contributed by atoms with E-state index in [4.69, 9.17) is 9.79 Å². The van der Waals surface area contributed by atoms with Crippen molar-refractivity contribution in [2.75, 3.05) is 6.61 Å². The van der Waals surface area contributed by atoms with E-state index in [1.807, 2.05) is 13.8 Å². The number of phosphoric ester groups is 1. The Labute approximate surface area is 178 Å². The summed E-state index contributed by atoms with van der Waals surface area (Å²) in [5.41, 5.74) is 0. The zero-order valence-electron chi connectivity index (χ0n) is 18.8. The fraction of sp³-hybridized carbons (Fsp3) is 0.864. The van der Waals surface area contributed by atoms with Crippen LogP contribution >= 0.6 is 7.82 Å². The van der Waals surface area contributed by atoms with Crippen LogP contribution in [-0.4, -0.2) is 28.3 Å². The number of unbranched alkanes of at least 4 members (excludes halogenated alkanes) is 10. The van der Waals surface area contributed by atoms with Gasteiger partial charge in [-0.1, -0.05) is 77.9 Å². The van der Waals surface area contributed by atoms with Gasteiger partial charge in [0.05, 0.1) is 12.6 Å². The Kier molecular flexibility index (Phi) is 17.7. The van der Waals surface area contributed by atoms with Crippen LogP contribution in [0.2, 0.25) is 0 Å². The third kappa shape index (κ3) is 20.4. The van der Waals surface area contributed by atoms with Gasteiger partial charge < -0.3 is 15.1 Å². The van der Waals surface area contributed by atoms with Crippen LogP contribution in [0.1, 0.15) is 104 Å². The monoisotopic (exact) mass is 433 g/mol. The van der Waals surface area contributed by atoms with Crippen molar-refractivity contribution in [3.63, 3.8) is 0 Å². The Morgan fingerprint density at radius 1 is 0.931 bits per heavy atom. The molecule has 1 amide bonds. The molecule has 3 N–H and O–H groups in total. The lowest BCUT2D eigenvalue weighted by molar-refractivity contribution is -0.122. The van der Waals surface area contributed by atoms with Gasteiger partial charge in [0, 0.05) is 6.42 Å². The number of carbonyl (C=O) groups is 1. The molecule has 0 radical (unpaired) electrons. The van der Waals surface area contributed by atoms with Gasteiger partial charge in [-0.25, -0.2) is 4.57 Å². The summed E-state index contributed by atoms with van der Waals surface area (Å²) in [4.78, 5) is 29.6. The van der Waals surface area contributed by atoms with Gasteiger partial charge in [0.25, 0.3) is 0 Å². The Balaban J connectivity index is 3.65. The molecule has 0 aromatic carbocycles. The molecule has 0 aromatic rings. The number of carbonyl (C=O) groups excluding carboxylic acids is 1. The van der Waals surface area contributed by atoms with Crippen molar-refractivity contribution in [1.29, 1.82) is 0 Å². The maximum atomic E-state index is 12.0. The second-order valence-electron chi connectivity index (χ2n) is 8.19. The van der Waals surface area contributed by atoms with E-state index < -0.39 is 13.9 Å². The molecule has 0 bridgehead atoms. The number of nitrogens with one attached hydrogen (secondary N) is 1. The summed E-state index contributed by atoms with van der Waals surface area (Å²) in [7, 11) is -4.51. The minimum absolute atomic E-state index is 0.0358. The largest absolute Gasteiger partial charge is 0.469 e. The molecular formula is C22H44NO5P. The molecule has 0 fully saturated rings. The van der Waals surface area contributed by atoms with Crippen LogP contribution in [0.3, 0.4) is 0 Å². The van der Waals surface area contributed by atoms with Crippen LogP contribution in [0.4, 0.5) is 0 Å². The second-order valence-corrected chi connectivity index (χ2v) is 9.42. The van der Waals surface area contributed by atoms with Crippen molar-refractivity contribution in [3.8, 4) is 0 Å². The summed E-state index contributed by atoms with van der Waals surface area (Å²) in [5.74, 6) is -0.0505. The predicted octanol–water partition coefficient (Wildman–Crippen LogP) is 5.88. The molecule has 6 nitrogen and oxygen atoms in total. The Hall–Kier alpha value is -0.680. The van der Waals surface area contributed by atoms with Crippen molar-refractivity contribution >= 4 is 13.7 Å². The average molecular weight is 434 g/mol. The van der Waals surface area contributed by atoms with Gasteiger partial charge in [-0.3, -0.25) is 9.32 Å². The highest BCUT2D eigenvalue weighted by molar-refractivity contribution is 7.46. The zero-order valence-corrected chi connectivity index (χ0v) is 19.7. The molecule has 0 aliphatic carbocycles. The van der Waals surface area contributed by atoms with Crippen LogP contribution in [0, 0.1) is 5.92 Å². The molecular weight excluding hydrogens is 389 g/mol. The Bertz CT molecular complexity index is 476. The van der Waals surface area contributed by atoms with Crippen molar-refractivity contribution in [2.24, 2.45) is 5.92 Å². The van der Waals surface area contributed by atoms with Gasteiger partial charge >= 0.3 is 7.82 Å². The first-order chi connectivity index (χ1) is 13.8. The summed E-state index contributed by atoms with van der Waals surface area (Å²) < 4.78 is 15.3. The van der Waals surface area contributed by atoms with Gasteiger partial charge in [-0.2, -0.15) is 0 Å². The molecule has 7 heteroatoms. The van der Waals surface area contributed by atoms with Crippen LogP contribution in [0.25, 0.3) is 0 Å². The van der Waals surface area contributed by atoms with Gasteiger partial charge in [0.2, 0.25) is 5.91 Å². The second kappa shape index (κ2) is 18.1. The van der Waals surface area contributed by atoms with Crippen LogP contribution in [0.15, 0.2) is 12.2 Å². The third-order valence-electron chi connectivity index (χ3n) is 4.99. The fourth-order valence-corrected chi connectivity index (χ4v) is 3.39. The van der Waals surface area contributed by atoms with E-state index in [2.05, 4.69) is 28.9 Å². The zero-order chi connectivity index (χ0) is 22.0. The van der Waals surface area contributed by atoms with Crippen molar-refractivity contribution in [3.05, 3.63) is 12.2 Å². The number of hydrogen-bond acceptors (Lipinski definition) is 3. The lowest BCUT2D eigenvalue weighted by Gasteiger charge is -2.22. The molecule has 0 aliphatic rings. The first-order valence-corrected chi connectivity index (χ1v) is 12.9. The summed E-state index contributed by atoms with van der Waals surface area (Å²) in [6.07, 6.45) is 19.5. The van der Waals surface area contributed by atoms with E-state index in [9.17, 15) is 9.36 Å². The first kappa shape index (κ1) is 28.3. The smallest absolute Gasteiger partial charge is 0.351 e. The Morgan fingerprint density at radius 2 is 1.45 bits per heavy atom. The lowest BCUT2D eigenvalue weighted by Crippen LogP contribution is -2.41. The van der Waals surface area contributed by atoms with E-state index in [0.717, 1.165) is 32.1 Å². The molecule has 0 spiro atoms. The molecule has 0 aliphatic heterocycles. The van der Waals surface area contributed by atoms with Crippen molar-refractivity contribution < 1.29 is 23.7 Å². The number of rotatable bonds is 19. The highest BCUT2D eigenvalue weighted by atomic mass is 31.2. The van der Waals surface area contributed by atoms with Crippen molar-refractivity contribution in [1.82, 2.24) is 5.32 Å². The number of hydrogen-bond donors (Lipinski definition) is 3. The molecule has 0 heterocycles. The molecule has 29 heavy (non-hydrogen) atoms. The van der Waals surface area contributed by atoms with E-state index in [1.165, 1.54) is 44.9 Å². The molecule has 0 rings (SSSR count). The Morgan fingerprint density at radius 3 is 1.97 bits per heavy atom. The molecule has 0 unspecified atom stereocenters. The number of phosphoric acid groups is 1. The summed E-state index contributed by atoms with van der Waals surface area (Å²) in [5, 5.41) is 2.82. The maximum absolute atomic E-state index is 12.0. The SMILES string of the molecule is CCCCCCCC/C=C\CCCCCCC(=O)N[C@@H](COP(=O)(O)O)C(C)C. The number of amides is 1. The van der Waals surface area contributed by atoms with E-state index in [1.54, 1.807) is 0 Å². The molecule has 1 atom stereocenters. The third-order valence-corrected chi connectivity index (χ3v) is 5.47. The van der Waals surface area contributed by atoms with Crippen LogP contribution in [0.5, 0.6) is 0 Å². The van der Waals surface area contributed by atoms with E-state index >= 15 is 0 Å². The quantitative estimate of drug-likeness (QED) is 0.134. The first-order valence-electron chi connectivity index (χ1n) is 11.4. The number of allylic oxidation sites excluding steroid dienone is 2. The van der Waals surface area contributed by atoms with Gasteiger partial charge in [0.15, 0.2) is 0 Å². The fourth-order valence-electron chi connectivity index (χ4n) is 3.04. The lowest BCUT2D eigenvalue weighted by atomic mass is 10.0. The minimum atomic E-state index is -4.51. The maximum Gasteiger partial charge on any atom is 0.469 e. The van der Waals surface area contributed by atoms with Crippen molar-refractivity contribution in [2.45, 2.75) is 110 Å². The van der Waals surface area contributed by atoms with Gasteiger partial charge in [0.1, 0.15) is 0 Å². The minimum Gasteiger partial charge on any atom is -0.351 e. The predicted molar refractivity (Wildman–Crippen MR) is 120 cm³/mol. The van der Waals surface area contributed by atoms with Gasteiger partial charge in [-0.15, -0.1) is 0 Å². The molecule has 0 saturated heterocycles. The summed E-state index contributed by atoms with van der Waals surface area (Å²) in [6.45, 7) is 5.83. The van der Waals surface area contributed by atoms with Gasteiger partial charge in [-0.05, 0) is 38.0 Å². The van der Waals surface area contributed by atoms with Crippen LogP contribution in [-0.2, 0) is 13.9 Å². The molecule has 0 aromatic heterocycles. The van der Waals surface area contributed by atoms with Crippen LogP contribution < -0.4 is 5.32 Å². The topological polar surface area (TPSA) is 95.9 Å². The normalized spacial score (nSPS) is 13.3. The van der Waals surface area contributed by atoms with E-state index in [-0.39, 0.29) is 18.4 Å². The highest BCUT2D eigenvalue weighted by Gasteiger charge is 2.21. The summed E-state index contributed by atoms with van der Waals surface area (Å²) >= 11 is 0. The average Bonchev–Trinajstić information content (AvgIpc) is 2.64. The molecule has 0 saturated carbocycles. The highest BCUT2D eigenvalue weighted by Crippen LogP contribution is 2.36. The van der Waals surface area contributed by atoms with E-state index in [0.29, 0.717) is 6.42 Å². The summed E-state index contributed by atoms with van der Waals surface area (Å²) in [6, 6.07) is -0.396. The molecule has 172 valence electrons. The standard InChI is InChI=1S/C22H44NO5P/c1-4-5-6-7-8-9-10-11-12-13-14-15-16-17-18-22(24)23-21(20(2)3)19-28-29(25,26)27/h11-12,20-21H,4-10,13-19H2,1-3H3,(H,23,24)(H2,25,26,27)/b12-11-/t21-/m0/s1.